The Morgan fingerprint density at radius 3 is 2.06 bits per heavy atom. The number of benzene rings is 2. The number of rotatable bonds is 9. The number of fused-ring (bicyclic) bond motifs is 1. The van der Waals surface area contributed by atoms with Crippen LogP contribution in [0.5, 0.6) is 11.5 Å². The van der Waals surface area contributed by atoms with E-state index in [0.29, 0.717) is 11.3 Å². The van der Waals surface area contributed by atoms with Crippen LogP contribution in [0.15, 0.2) is 57.7 Å². The molecule has 0 unspecified atom stereocenters. The van der Waals surface area contributed by atoms with Crippen LogP contribution in [0.1, 0.15) is 27.7 Å². The predicted octanol–water partition coefficient (Wildman–Crippen LogP) is 4.12. The van der Waals surface area contributed by atoms with Crippen molar-refractivity contribution in [2.75, 3.05) is 13.2 Å². The summed E-state index contributed by atoms with van der Waals surface area (Å²) in [6, 6.07) is 13.4. The number of carbonyl (C=O) groups is 2. The molecule has 0 saturated heterocycles. The first-order valence-electron chi connectivity index (χ1n) is 10.5. The zero-order chi connectivity index (χ0) is 24.0. The van der Waals surface area contributed by atoms with Crippen molar-refractivity contribution in [2.45, 2.75) is 39.9 Å². The van der Waals surface area contributed by atoms with Gasteiger partial charge in [-0.3, -0.25) is 4.79 Å². The average Bonchev–Trinajstić information content (AvgIpc) is 2.75. The standard InChI is InChI=1S/C25H26O8/c1-15(2)31-23(27)13-29-18-10-21(30-14-24(28)32-16(3)4)25-19(26)12-20(33-22(25)11-18)17-8-6-5-7-9-17/h5-12,15-16H,13-14H2,1-4H3. The van der Waals surface area contributed by atoms with Gasteiger partial charge in [0, 0.05) is 23.8 Å². The van der Waals surface area contributed by atoms with Crippen LogP contribution in [0.25, 0.3) is 22.3 Å². The second-order valence-electron chi connectivity index (χ2n) is 7.79. The molecule has 174 valence electrons. The van der Waals surface area contributed by atoms with Gasteiger partial charge in [0.25, 0.3) is 0 Å². The van der Waals surface area contributed by atoms with Crippen molar-refractivity contribution in [1.82, 2.24) is 0 Å². The molecule has 2 aromatic carbocycles. The summed E-state index contributed by atoms with van der Waals surface area (Å²) in [5.41, 5.74) is 0.544. The highest BCUT2D eigenvalue weighted by molar-refractivity contribution is 5.87. The van der Waals surface area contributed by atoms with Gasteiger partial charge in [0.1, 0.15) is 28.2 Å². The molecule has 3 aromatic rings. The van der Waals surface area contributed by atoms with Gasteiger partial charge in [0.2, 0.25) is 0 Å². The van der Waals surface area contributed by atoms with Crippen LogP contribution in [0, 0.1) is 0 Å². The summed E-state index contributed by atoms with van der Waals surface area (Å²) >= 11 is 0. The van der Waals surface area contributed by atoms with Gasteiger partial charge < -0.3 is 23.4 Å². The Labute approximate surface area is 191 Å². The average molecular weight is 454 g/mol. The Balaban J connectivity index is 1.98. The van der Waals surface area contributed by atoms with Crippen molar-refractivity contribution in [3.63, 3.8) is 0 Å². The summed E-state index contributed by atoms with van der Waals surface area (Å²) in [5.74, 6) is -0.491. The summed E-state index contributed by atoms with van der Waals surface area (Å²) in [4.78, 5) is 36.8. The molecule has 8 heteroatoms. The van der Waals surface area contributed by atoms with E-state index < -0.39 is 18.5 Å². The zero-order valence-corrected chi connectivity index (χ0v) is 19.0. The van der Waals surface area contributed by atoms with Crippen molar-refractivity contribution >= 4 is 22.9 Å². The monoisotopic (exact) mass is 454 g/mol. The van der Waals surface area contributed by atoms with E-state index in [4.69, 9.17) is 23.4 Å². The molecule has 0 aliphatic rings. The number of hydrogen-bond acceptors (Lipinski definition) is 8. The minimum Gasteiger partial charge on any atom is -0.482 e. The van der Waals surface area contributed by atoms with Crippen LogP contribution in [-0.2, 0) is 19.1 Å². The largest absolute Gasteiger partial charge is 0.482 e. The summed E-state index contributed by atoms with van der Waals surface area (Å²) in [7, 11) is 0. The molecule has 8 nitrogen and oxygen atoms in total. The fourth-order valence-electron chi connectivity index (χ4n) is 3.04. The van der Waals surface area contributed by atoms with E-state index in [1.54, 1.807) is 27.7 Å². The van der Waals surface area contributed by atoms with E-state index in [1.165, 1.54) is 18.2 Å². The van der Waals surface area contributed by atoms with Crippen molar-refractivity contribution in [2.24, 2.45) is 0 Å². The van der Waals surface area contributed by atoms with E-state index in [0.717, 1.165) is 0 Å². The third-order valence-corrected chi connectivity index (χ3v) is 4.26. The molecular formula is C25H26O8. The third-order valence-electron chi connectivity index (χ3n) is 4.26. The van der Waals surface area contributed by atoms with Gasteiger partial charge in [-0.1, -0.05) is 30.3 Å². The quantitative estimate of drug-likeness (QED) is 0.445. The highest BCUT2D eigenvalue weighted by atomic mass is 16.6. The van der Waals surface area contributed by atoms with Gasteiger partial charge >= 0.3 is 11.9 Å². The second kappa shape index (κ2) is 10.7. The lowest BCUT2D eigenvalue weighted by molar-refractivity contribution is -0.150. The molecule has 0 spiro atoms. The summed E-state index contributed by atoms with van der Waals surface area (Å²) < 4.78 is 27.2. The van der Waals surface area contributed by atoms with Crippen LogP contribution >= 0.6 is 0 Å². The molecule has 0 saturated carbocycles. The summed E-state index contributed by atoms with van der Waals surface area (Å²) in [5, 5.41) is 0.143. The van der Waals surface area contributed by atoms with Crippen LogP contribution < -0.4 is 14.9 Å². The van der Waals surface area contributed by atoms with E-state index in [2.05, 4.69) is 0 Å². The fourth-order valence-corrected chi connectivity index (χ4v) is 3.04. The molecule has 0 N–H and O–H groups in total. The Morgan fingerprint density at radius 1 is 0.848 bits per heavy atom. The van der Waals surface area contributed by atoms with Crippen molar-refractivity contribution in [3.05, 3.63) is 58.8 Å². The summed E-state index contributed by atoms with van der Waals surface area (Å²) in [6.45, 7) is 6.15. The maximum Gasteiger partial charge on any atom is 0.344 e. The van der Waals surface area contributed by atoms with Gasteiger partial charge in [0.05, 0.1) is 12.2 Å². The summed E-state index contributed by atoms with van der Waals surface area (Å²) in [6.07, 6.45) is -0.590. The van der Waals surface area contributed by atoms with Crippen LogP contribution in [-0.4, -0.2) is 37.4 Å². The molecular weight excluding hydrogens is 428 g/mol. The Morgan fingerprint density at radius 2 is 1.45 bits per heavy atom. The van der Waals surface area contributed by atoms with Crippen LogP contribution in [0.2, 0.25) is 0 Å². The fraction of sp³-hybridized carbons (Fsp3) is 0.320. The predicted molar refractivity (Wildman–Crippen MR) is 121 cm³/mol. The third kappa shape index (κ3) is 6.58. The second-order valence-corrected chi connectivity index (χ2v) is 7.79. The van der Waals surface area contributed by atoms with E-state index in [-0.39, 0.29) is 46.7 Å². The van der Waals surface area contributed by atoms with E-state index in [1.807, 2.05) is 30.3 Å². The smallest absolute Gasteiger partial charge is 0.344 e. The molecule has 0 aliphatic heterocycles. The topological polar surface area (TPSA) is 101 Å². The van der Waals surface area contributed by atoms with Crippen molar-refractivity contribution in [3.8, 4) is 22.8 Å². The molecule has 1 heterocycles. The Bertz CT molecular complexity index is 1180. The zero-order valence-electron chi connectivity index (χ0n) is 19.0. The van der Waals surface area contributed by atoms with Gasteiger partial charge in [-0.15, -0.1) is 0 Å². The molecule has 0 fully saturated rings. The Kier molecular flexibility index (Phi) is 7.71. The lowest BCUT2D eigenvalue weighted by atomic mass is 10.1. The lowest BCUT2D eigenvalue weighted by Crippen LogP contribution is -2.20. The molecule has 33 heavy (non-hydrogen) atoms. The number of ether oxygens (including phenoxy) is 4. The first-order chi connectivity index (χ1) is 15.7. The maximum atomic E-state index is 12.9. The van der Waals surface area contributed by atoms with Crippen LogP contribution in [0.4, 0.5) is 0 Å². The highest BCUT2D eigenvalue weighted by Gasteiger charge is 2.17. The molecule has 1 aromatic heterocycles. The van der Waals surface area contributed by atoms with Crippen molar-refractivity contribution in [1.29, 1.82) is 0 Å². The first kappa shape index (κ1) is 23.8. The molecule has 0 amide bonds. The first-order valence-corrected chi connectivity index (χ1v) is 10.5. The van der Waals surface area contributed by atoms with E-state index in [9.17, 15) is 14.4 Å². The molecule has 0 bridgehead atoms. The lowest BCUT2D eigenvalue weighted by Gasteiger charge is -2.14. The minimum absolute atomic E-state index is 0.0776. The Hall–Kier alpha value is -3.81. The molecule has 0 radical (unpaired) electrons. The molecule has 3 rings (SSSR count). The van der Waals surface area contributed by atoms with Gasteiger partial charge in [0.15, 0.2) is 18.6 Å². The van der Waals surface area contributed by atoms with Crippen LogP contribution in [0.3, 0.4) is 0 Å². The number of esters is 2. The van der Waals surface area contributed by atoms with E-state index >= 15 is 0 Å². The van der Waals surface area contributed by atoms with Gasteiger partial charge in [-0.05, 0) is 27.7 Å². The molecule has 0 atom stereocenters. The number of hydrogen-bond donors (Lipinski definition) is 0. The minimum atomic E-state index is -0.588. The highest BCUT2D eigenvalue weighted by Crippen LogP contribution is 2.32. The number of carbonyl (C=O) groups excluding carboxylic acids is 2. The van der Waals surface area contributed by atoms with Gasteiger partial charge in [-0.2, -0.15) is 0 Å². The SMILES string of the molecule is CC(C)OC(=O)COc1cc(OCC(=O)OC(C)C)c2c(=O)cc(-c3ccccc3)oc2c1. The van der Waals surface area contributed by atoms with Crippen molar-refractivity contribution < 1.29 is 33.0 Å². The maximum absolute atomic E-state index is 12.9. The van der Waals surface area contributed by atoms with Gasteiger partial charge in [-0.25, -0.2) is 9.59 Å². The normalized spacial score (nSPS) is 11.0. The molecule has 0 aliphatic carbocycles.